The molecule has 5 nitrogen and oxygen atoms in total. The molecule has 2 rings (SSSR count). The summed E-state index contributed by atoms with van der Waals surface area (Å²) in [4.78, 5) is 11.3. The molecule has 1 fully saturated rings. The van der Waals surface area contributed by atoms with E-state index in [4.69, 9.17) is 5.11 Å². The first-order valence-electron chi connectivity index (χ1n) is 6.80. The van der Waals surface area contributed by atoms with E-state index in [1.165, 1.54) is 0 Å². The zero-order chi connectivity index (χ0) is 14.8. The number of carboxylic acid groups (broad SMARTS) is 1. The standard InChI is InChI=1S/C14H19NO4S/c1-2-4-11-6-8-12(9-7-11)20(18,19)15-10-3-5-13(15)14(16)17/h6-9,13H,2-5,10H2,1H3,(H,16,17)/t13-/m1/s1. The lowest BCUT2D eigenvalue weighted by atomic mass is 10.1. The van der Waals surface area contributed by atoms with Crippen LogP contribution < -0.4 is 0 Å². The van der Waals surface area contributed by atoms with Crippen molar-refractivity contribution in [1.29, 1.82) is 0 Å². The minimum atomic E-state index is -3.71. The molecule has 0 bridgehead atoms. The van der Waals surface area contributed by atoms with Gasteiger partial charge in [-0.05, 0) is 37.0 Å². The average molecular weight is 297 g/mol. The Kier molecular flexibility index (Phi) is 4.45. The first-order chi connectivity index (χ1) is 9.46. The van der Waals surface area contributed by atoms with E-state index in [1.807, 2.05) is 0 Å². The summed E-state index contributed by atoms with van der Waals surface area (Å²) in [5, 5.41) is 9.10. The van der Waals surface area contributed by atoms with Crippen LogP contribution in [0.4, 0.5) is 0 Å². The van der Waals surface area contributed by atoms with E-state index in [0.29, 0.717) is 12.8 Å². The molecule has 1 aliphatic rings. The van der Waals surface area contributed by atoms with Crippen molar-refractivity contribution in [2.24, 2.45) is 0 Å². The summed E-state index contributed by atoms with van der Waals surface area (Å²) in [6.45, 7) is 2.34. The van der Waals surface area contributed by atoms with E-state index < -0.39 is 22.0 Å². The zero-order valence-corrected chi connectivity index (χ0v) is 12.3. The largest absolute Gasteiger partial charge is 0.480 e. The summed E-state index contributed by atoms with van der Waals surface area (Å²) in [7, 11) is -3.71. The van der Waals surface area contributed by atoms with Crippen LogP contribution in [0.25, 0.3) is 0 Å². The van der Waals surface area contributed by atoms with Gasteiger partial charge >= 0.3 is 5.97 Å². The van der Waals surface area contributed by atoms with Crippen molar-refractivity contribution < 1.29 is 18.3 Å². The lowest BCUT2D eigenvalue weighted by Gasteiger charge is -2.21. The van der Waals surface area contributed by atoms with E-state index in [9.17, 15) is 13.2 Å². The normalized spacial score (nSPS) is 20.1. The van der Waals surface area contributed by atoms with Gasteiger partial charge in [0, 0.05) is 6.54 Å². The van der Waals surface area contributed by atoms with Gasteiger partial charge in [-0.25, -0.2) is 8.42 Å². The van der Waals surface area contributed by atoms with Gasteiger partial charge in [0.25, 0.3) is 0 Å². The Balaban J connectivity index is 2.27. The van der Waals surface area contributed by atoms with E-state index >= 15 is 0 Å². The topological polar surface area (TPSA) is 74.7 Å². The molecule has 6 heteroatoms. The maximum atomic E-state index is 12.5. The van der Waals surface area contributed by atoms with Gasteiger partial charge in [0.1, 0.15) is 6.04 Å². The fourth-order valence-electron chi connectivity index (χ4n) is 2.53. The van der Waals surface area contributed by atoms with E-state index in [1.54, 1.807) is 24.3 Å². The fourth-order valence-corrected chi connectivity index (χ4v) is 4.18. The Bertz CT molecular complexity index is 580. The summed E-state index contributed by atoms with van der Waals surface area (Å²) < 4.78 is 26.1. The van der Waals surface area contributed by atoms with Crippen molar-refractivity contribution in [1.82, 2.24) is 4.31 Å². The van der Waals surface area contributed by atoms with E-state index in [-0.39, 0.29) is 11.4 Å². The van der Waals surface area contributed by atoms with Crippen LogP contribution in [0.5, 0.6) is 0 Å². The van der Waals surface area contributed by atoms with Crippen molar-refractivity contribution >= 4 is 16.0 Å². The van der Waals surface area contributed by atoms with Gasteiger partial charge in [0.2, 0.25) is 10.0 Å². The highest BCUT2D eigenvalue weighted by Gasteiger charge is 2.39. The zero-order valence-electron chi connectivity index (χ0n) is 11.4. The summed E-state index contributed by atoms with van der Waals surface area (Å²) in [5.74, 6) is -1.08. The highest BCUT2D eigenvalue weighted by Crippen LogP contribution is 2.26. The van der Waals surface area contributed by atoms with Crippen LogP contribution in [0.15, 0.2) is 29.2 Å². The lowest BCUT2D eigenvalue weighted by molar-refractivity contribution is -0.140. The molecule has 0 aromatic heterocycles. The van der Waals surface area contributed by atoms with E-state index in [2.05, 4.69) is 6.92 Å². The molecule has 1 heterocycles. The number of aliphatic carboxylic acids is 1. The van der Waals surface area contributed by atoms with Gasteiger partial charge < -0.3 is 5.11 Å². The van der Waals surface area contributed by atoms with Gasteiger partial charge in [0.15, 0.2) is 0 Å². The van der Waals surface area contributed by atoms with E-state index in [0.717, 1.165) is 22.7 Å². The summed E-state index contributed by atoms with van der Waals surface area (Å²) in [6.07, 6.45) is 2.87. The molecule has 1 aromatic carbocycles. The van der Waals surface area contributed by atoms with Crippen molar-refractivity contribution in [3.05, 3.63) is 29.8 Å². The Morgan fingerprint density at radius 1 is 1.35 bits per heavy atom. The number of sulfonamides is 1. The molecule has 0 spiro atoms. The number of hydrogen-bond donors (Lipinski definition) is 1. The Morgan fingerprint density at radius 3 is 2.55 bits per heavy atom. The van der Waals surface area contributed by atoms with Crippen LogP contribution in [0, 0.1) is 0 Å². The molecule has 1 N–H and O–H groups in total. The van der Waals surface area contributed by atoms with Crippen molar-refractivity contribution in [3.63, 3.8) is 0 Å². The van der Waals surface area contributed by atoms with Crippen molar-refractivity contribution in [2.45, 2.75) is 43.5 Å². The van der Waals surface area contributed by atoms with Crippen molar-refractivity contribution in [3.8, 4) is 0 Å². The number of carboxylic acids is 1. The van der Waals surface area contributed by atoms with Gasteiger partial charge in [-0.2, -0.15) is 4.31 Å². The molecule has 1 saturated heterocycles. The molecule has 0 saturated carbocycles. The smallest absolute Gasteiger partial charge is 0.322 e. The lowest BCUT2D eigenvalue weighted by Crippen LogP contribution is -2.40. The number of nitrogens with zero attached hydrogens (tertiary/aromatic N) is 1. The second-order valence-electron chi connectivity index (χ2n) is 5.01. The SMILES string of the molecule is CCCc1ccc(S(=O)(=O)N2CCC[C@@H]2C(=O)O)cc1. The number of hydrogen-bond acceptors (Lipinski definition) is 3. The highest BCUT2D eigenvalue weighted by molar-refractivity contribution is 7.89. The number of aryl methyl sites for hydroxylation is 1. The summed E-state index contributed by atoms with van der Waals surface area (Å²) in [5.41, 5.74) is 1.09. The first kappa shape index (κ1) is 15.0. The molecule has 1 atom stereocenters. The average Bonchev–Trinajstić information content (AvgIpc) is 2.90. The number of benzene rings is 1. The Morgan fingerprint density at radius 2 is 2.00 bits per heavy atom. The molecule has 1 aliphatic heterocycles. The summed E-state index contributed by atoms with van der Waals surface area (Å²) >= 11 is 0. The third-order valence-electron chi connectivity index (χ3n) is 3.56. The fraction of sp³-hybridized carbons (Fsp3) is 0.500. The van der Waals surface area contributed by atoms with Crippen LogP contribution in [-0.2, 0) is 21.2 Å². The molecule has 0 unspecified atom stereocenters. The minimum Gasteiger partial charge on any atom is -0.480 e. The van der Waals surface area contributed by atoms with Crippen LogP contribution in [-0.4, -0.2) is 36.4 Å². The Hall–Kier alpha value is -1.40. The van der Waals surface area contributed by atoms with Crippen LogP contribution in [0.3, 0.4) is 0 Å². The van der Waals surface area contributed by atoms with Gasteiger partial charge in [-0.3, -0.25) is 4.79 Å². The predicted molar refractivity (Wildman–Crippen MR) is 75.0 cm³/mol. The van der Waals surface area contributed by atoms with Gasteiger partial charge in [-0.1, -0.05) is 25.5 Å². The van der Waals surface area contributed by atoms with Crippen LogP contribution in [0.1, 0.15) is 31.7 Å². The van der Waals surface area contributed by atoms with Gasteiger partial charge in [0.05, 0.1) is 4.90 Å². The molecule has 0 radical (unpaired) electrons. The third-order valence-corrected chi connectivity index (χ3v) is 5.48. The number of rotatable bonds is 5. The monoisotopic (exact) mass is 297 g/mol. The Labute approximate surface area is 119 Å². The van der Waals surface area contributed by atoms with Crippen LogP contribution >= 0.6 is 0 Å². The van der Waals surface area contributed by atoms with Crippen molar-refractivity contribution in [2.75, 3.05) is 6.54 Å². The molecular formula is C14H19NO4S. The molecule has 110 valence electrons. The molecule has 1 aromatic rings. The maximum Gasteiger partial charge on any atom is 0.322 e. The third kappa shape index (κ3) is 2.86. The number of carbonyl (C=O) groups is 1. The minimum absolute atomic E-state index is 0.172. The molecule has 0 amide bonds. The molecule has 20 heavy (non-hydrogen) atoms. The van der Waals surface area contributed by atoms with Gasteiger partial charge in [-0.15, -0.1) is 0 Å². The molecule has 0 aliphatic carbocycles. The summed E-state index contributed by atoms with van der Waals surface area (Å²) in [6, 6.07) is 5.79. The predicted octanol–water partition coefficient (Wildman–Crippen LogP) is 1.88. The quantitative estimate of drug-likeness (QED) is 0.900. The maximum absolute atomic E-state index is 12.5. The second-order valence-corrected chi connectivity index (χ2v) is 6.90. The highest BCUT2D eigenvalue weighted by atomic mass is 32.2. The van der Waals surface area contributed by atoms with Crippen LogP contribution in [0.2, 0.25) is 0 Å². The first-order valence-corrected chi connectivity index (χ1v) is 8.24. The second kappa shape index (κ2) is 5.93. The molecular weight excluding hydrogens is 278 g/mol.